The smallest absolute Gasteiger partial charge is 0.410 e. The molecule has 0 spiro atoms. The first-order chi connectivity index (χ1) is 14.2. The van der Waals surface area contributed by atoms with Gasteiger partial charge in [-0.05, 0) is 51.8 Å². The molecule has 1 N–H and O–H groups in total. The monoisotopic (exact) mass is 417 g/mol. The highest BCUT2D eigenvalue weighted by Gasteiger charge is 2.30. The lowest BCUT2D eigenvalue weighted by Gasteiger charge is -2.33. The lowest BCUT2D eigenvalue weighted by Crippen LogP contribution is -2.43. The first kappa shape index (κ1) is 22.1. The number of benzene rings is 1. The Balaban J connectivity index is 1.53. The van der Waals surface area contributed by atoms with E-state index < -0.39 is 5.60 Å². The fourth-order valence-electron chi connectivity index (χ4n) is 3.57. The minimum atomic E-state index is -0.533. The third-order valence-electron chi connectivity index (χ3n) is 5.19. The molecule has 8 heteroatoms. The zero-order chi connectivity index (χ0) is 21.7. The molecule has 0 bridgehead atoms. The van der Waals surface area contributed by atoms with Crippen LogP contribution in [0.1, 0.15) is 44.0 Å². The van der Waals surface area contributed by atoms with Gasteiger partial charge in [0.1, 0.15) is 5.60 Å². The van der Waals surface area contributed by atoms with Crippen molar-refractivity contribution in [2.75, 3.05) is 44.7 Å². The first-order valence-electron chi connectivity index (χ1n) is 10.5. The van der Waals surface area contributed by atoms with Crippen LogP contribution < -0.4 is 5.32 Å². The molecule has 3 amide bonds. The summed E-state index contributed by atoms with van der Waals surface area (Å²) in [6.45, 7) is 8.73. The summed E-state index contributed by atoms with van der Waals surface area (Å²) in [6, 6.07) is 7.02. The molecule has 2 saturated heterocycles. The van der Waals surface area contributed by atoms with Crippen LogP contribution in [-0.4, -0.2) is 72.7 Å². The number of carbonyl (C=O) groups excluding carboxylic acids is 3. The first-order valence-corrected chi connectivity index (χ1v) is 10.5. The molecular weight excluding hydrogens is 386 g/mol. The van der Waals surface area contributed by atoms with E-state index in [4.69, 9.17) is 9.47 Å². The molecule has 0 unspecified atom stereocenters. The van der Waals surface area contributed by atoms with Crippen molar-refractivity contribution < 1.29 is 23.9 Å². The zero-order valence-electron chi connectivity index (χ0n) is 18.0. The predicted octanol–water partition coefficient (Wildman–Crippen LogP) is 2.74. The highest BCUT2D eigenvalue weighted by molar-refractivity contribution is 5.97. The summed E-state index contributed by atoms with van der Waals surface area (Å²) >= 11 is 0. The van der Waals surface area contributed by atoms with Crippen LogP contribution in [-0.2, 0) is 14.3 Å². The Morgan fingerprint density at radius 2 is 1.70 bits per heavy atom. The van der Waals surface area contributed by atoms with Crippen molar-refractivity contribution in [3.05, 3.63) is 29.8 Å². The maximum Gasteiger partial charge on any atom is 0.410 e. The van der Waals surface area contributed by atoms with Gasteiger partial charge in [0.15, 0.2) is 0 Å². The Kier molecular flexibility index (Phi) is 6.97. The summed E-state index contributed by atoms with van der Waals surface area (Å²) in [4.78, 5) is 40.9. The molecule has 1 aromatic rings. The second-order valence-electron chi connectivity index (χ2n) is 8.72. The third-order valence-corrected chi connectivity index (χ3v) is 5.19. The average molecular weight is 418 g/mol. The molecule has 2 heterocycles. The van der Waals surface area contributed by atoms with E-state index in [-0.39, 0.29) is 23.8 Å². The van der Waals surface area contributed by atoms with Gasteiger partial charge in [0.25, 0.3) is 5.91 Å². The van der Waals surface area contributed by atoms with Gasteiger partial charge in [-0.1, -0.05) is 6.07 Å². The van der Waals surface area contributed by atoms with Crippen LogP contribution in [0, 0.1) is 5.92 Å². The van der Waals surface area contributed by atoms with E-state index in [0.29, 0.717) is 63.5 Å². The molecule has 0 aromatic heterocycles. The minimum Gasteiger partial charge on any atom is -0.444 e. The standard InChI is InChI=1S/C22H31N3O5/c1-22(2,3)30-21(28)25-9-7-16(8-10-25)19(26)23-18-6-4-5-17(15-18)20(27)24-11-13-29-14-12-24/h4-6,15-16H,7-14H2,1-3H3,(H,23,26). The van der Waals surface area contributed by atoms with Crippen molar-refractivity contribution in [2.24, 2.45) is 5.92 Å². The lowest BCUT2D eigenvalue weighted by atomic mass is 9.96. The number of anilines is 1. The zero-order valence-corrected chi connectivity index (χ0v) is 18.0. The molecule has 0 saturated carbocycles. The van der Waals surface area contributed by atoms with Crippen LogP contribution in [0.2, 0.25) is 0 Å². The van der Waals surface area contributed by atoms with Gasteiger partial charge in [-0.3, -0.25) is 9.59 Å². The number of carbonyl (C=O) groups is 3. The lowest BCUT2D eigenvalue weighted by molar-refractivity contribution is -0.121. The van der Waals surface area contributed by atoms with E-state index in [1.807, 2.05) is 20.8 Å². The van der Waals surface area contributed by atoms with E-state index in [1.54, 1.807) is 34.1 Å². The minimum absolute atomic E-state index is 0.0555. The maximum absolute atomic E-state index is 12.7. The Bertz CT molecular complexity index is 775. The van der Waals surface area contributed by atoms with Crippen LogP contribution >= 0.6 is 0 Å². The molecular formula is C22H31N3O5. The highest BCUT2D eigenvalue weighted by Crippen LogP contribution is 2.22. The van der Waals surface area contributed by atoms with Crippen LogP contribution in [0.25, 0.3) is 0 Å². The van der Waals surface area contributed by atoms with Gasteiger partial charge in [-0.15, -0.1) is 0 Å². The summed E-state index contributed by atoms with van der Waals surface area (Å²) in [5.41, 5.74) is 0.623. The fourth-order valence-corrected chi connectivity index (χ4v) is 3.57. The largest absolute Gasteiger partial charge is 0.444 e. The number of nitrogens with one attached hydrogen (secondary N) is 1. The van der Waals surface area contributed by atoms with E-state index in [0.717, 1.165) is 0 Å². The number of amides is 3. The van der Waals surface area contributed by atoms with Crippen molar-refractivity contribution in [2.45, 2.75) is 39.2 Å². The molecule has 3 rings (SSSR count). The number of morpholine rings is 1. The van der Waals surface area contributed by atoms with Gasteiger partial charge in [-0.2, -0.15) is 0 Å². The average Bonchev–Trinajstić information content (AvgIpc) is 2.73. The van der Waals surface area contributed by atoms with E-state index >= 15 is 0 Å². The van der Waals surface area contributed by atoms with Gasteiger partial charge < -0.3 is 24.6 Å². The van der Waals surface area contributed by atoms with E-state index in [1.165, 1.54) is 0 Å². The second-order valence-corrected chi connectivity index (χ2v) is 8.72. The Hall–Kier alpha value is -2.61. The topological polar surface area (TPSA) is 88.2 Å². The number of likely N-dealkylation sites (tertiary alicyclic amines) is 1. The third kappa shape index (κ3) is 5.95. The van der Waals surface area contributed by atoms with Crippen molar-refractivity contribution in [1.29, 1.82) is 0 Å². The predicted molar refractivity (Wildman–Crippen MR) is 112 cm³/mol. The van der Waals surface area contributed by atoms with Gasteiger partial charge in [-0.25, -0.2) is 4.79 Å². The van der Waals surface area contributed by atoms with Gasteiger partial charge in [0.05, 0.1) is 13.2 Å². The number of piperidine rings is 1. The SMILES string of the molecule is CC(C)(C)OC(=O)N1CCC(C(=O)Nc2cccc(C(=O)N3CCOCC3)c2)CC1. The summed E-state index contributed by atoms with van der Waals surface area (Å²) in [5.74, 6) is -0.322. The number of hydrogen-bond donors (Lipinski definition) is 1. The number of nitrogens with zero attached hydrogens (tertiary/aromatic N) is 2. The Morgan fingerprint density at radius 3 is 2.33 bits per heavy atom. The van der Waals surface area contributed by atoms with Gasteiger partial charge in [0.2, 0.25) is 5.91 Å². The van der Waals surface area contributed by atoms with Crippen LogP contribution in [0.3, 0.4) is 0 Å². The van der Waals surface area contributed by atoms with Crippen molar-refractivity contribution in [3.63, 3.8) is 0 Å². The van der Waals surface area contributed by atoms with Gasteiger partial charge in [0, 0.05) is 43.3 Å². The summed E-state index contributed by atoms with van der Waals surface area (Å²) in [5, 5.41) is 2.92. The summed E-state index contributed by atoms with van der Waals surface area (Å²) < 4.78 is 10.7. The number of hydrogen-bond acceptors (Lipinski definition) is 5. The van der Waals surface area contributed by atoms with E-state index in [9.17, 15) is 14.4 Å². The molecule has 2 aliphatic rings. The van der Waals surface area contributed by atoms with E-state index in [2.05, 4.69) is 5.32 Å². The maximum atomic E-state index is 12.7. The van der Waals surface area contributed by atoms with Crippen LogP contribution in [0.5, 0.6) is 0 Å². The molecule has 8 nitrogen and oxygen atoms in total. The van der Waals surface area contributed by atoms with Crippen molar-refractivity contribution in [3.8, 4) is 0 Å². The number of rotatable bonds is 3. The molecule has 1 aromatic carbocycles. The normalized spacial score (nSPS) is 18.1. The van der Waals surface area contributed by atoms with Crippen molar-refractivity contribution >= 4 is 23.6 Å². The van der Waals surface area contributed by atoms with Crippen LogP contribution in [0.4, 0.5) is 10.5 Å². The summed E-state index contributed by atoms with van der Waals surface area (Å²) in [6.07, 6.45) is 0.824. The Labute approximate surface area is 177 Å². The quantitative estimate of drug-likeness (QED) is 0.817. The highest BCUT2D eigenvalue weighted by atomic mass is 16.6. The van der Waals surface area contributed by atoms with Gasteiger partial charge >= 0.3 is 6.09 Å². The molecule has 164 valence electrons. The summed E-state index contributed by atoms with van der Waals surface area (Å²) in [7, 11) is 0. The molecule has 2 fully saturated rings. The molecule has 0 aliphatic carbocycles. The number of ether oxygens (including phenoxy) is 2. The molecule has 0 atom stereocenters. The Morgan fingerprint density at radius 1 is 1.03 bits per heavy atom. The molecule has 30 heavy (non-hydrogen) atoms. The molecule has 0 radical (unpaired) electrons. The van der Waals surface area contributed by atoms with Crippen molar-refractivity contribution in [1.82, 2.24) is 9.80 Å². The molecule has 2 aliphatic heterocycles. The fraction of sp³-hybridized carbons (Fsp3) is 0.591. The second kappa shape index (κ2) is 9.47. The van der Waals surface area contributed by atoms with Crippen LogP contribution in [0.15, 0.2) is 24.3 Å².